The number of hydrogen-bond acceptors (Lipinski definition) is 3. The molecule has 0 aliphatic carbocycles. The van der Waals surface area contributed by atoms with Crippen molar-refractivity contribution < 1.29 is 4.79 Å². The van der Waals surface area contributed by atoms with Gasteiger partial charge in [0.05, 0.1) is 23.0 Å². The Labute approximate surface area is 122 Å². The molecule has 1 unspecified atom stereocenters. The summed E-state index contributed by atoms with van der Waals surface area (Å²) in [6.07, 6.45) is 0.707. The summed E-state index contributed by atoms with van der Waals surface area (Å²) in [4.78, 5) is 14.4. The lowest BCUT2D eigenvalue weighted by Gasteiger charge is -2.41. The van der Waals surface area contributed by atoms with E-state index in [0.29, 0.717) is 18.5 Å². The zero-order chi connectivity index (χ0) is 14.4. The molecular formula is C17H13N3O. The van der Waals surface area contributed by atoms with Gasteiger partial charge in [-0.25, -0.2) is 0 Å². The van der Waals surface area contributed by atoms with Crippen molar-refractivity contribution >= 4 is 17.3 Å². The molecule has 21 heavy (non-hydrogen) atoms. The number of nitrogens with zero attached hydrogens (tertiary/aromatic N) is 2. The molecule has 2 aliphatic heterocycles. The standard InChI is InChI=1S/C17H13N3O/c18-9-11-5-6-14-15(7-11)20-10-13-4-2-1-3-12(13)8-16(20)17(21)19-14/h1-7,16H,8,10H2,(H,19,21). The molecule has 0 saturated heterocycles. The van der Waals surface area contributed by atoms with Crippen LogP contribution in [-0.2, 0) is 17.8 Å². The van der Waals surface area contributed by atoms with Gasteiger partial charge in [-0.3, -0.25) is 4.79 Å². The predicted molar refractivity (Wildman–Crippen MR) is 79.9 cm³/mol. The van der Waals surface area contributed by atoms with Crippen molar-refractivity contribution in [3.8, 4) is 6.07 Å². The Kier molecular flexibility index (Phi) is 2.48. The van der Waals surface area contributed by atoms with Gasteiger partial charge in [-0.2, -0.15) is 5.26 Å². The molecule has 0 saturated carbocycles. The van der Waals surface area contributed by atoms with Gasteiger partial charge in [0.15, 0.2) is 0 Å². The van der Waals surface area contributed by atoms with E-state index in [1.54, 1.807) is 6.07 Å². The minimum atomic E-state index is -0.193. The zero-order valence-corrected chi connectivity index (χ0v) is 11.3. The zero-order valence-electron chi connectivity index (χ0n) is 11.3. The Bertz CT molecular complexity index is 791. The topological polar surface area (TPSA) is 56.1 Å². The molecule has 4 rings (SSSR count). The normalized spacial score (nSPS) is 18.9. The summed E-state index contributed by atoms with van der Waals surface area (Å²) in [5, 5.41) is 12.0. The fourth-order valence-corrected chi connectivity index (χ4v) is 3.17. The number of carbonyl (C=O) groups excluding carboxylic acids is 1. The first-order chi connectivity index (χ1) is 10.3. The highest BCUT2D eigenvalue weighted by Gasteiger charge is 2.36. The van der Waals surface area contributed by atoms with Gasteiger partial charge in [-0.05, 0) is 29.3 Å². The Balaban J connectivity index is 1.84. The number of nitriles is 1. The molecule has 0 fully saturated rings. The molecule has 2 aromatic rings. The Morgan fingerprint density at radius 2 is 2.00 bits per heavy atom. The lowest BCUT2D eigenvalue weighted by atomic mass is 9.91. The van der Waals surface area contributed by atoms with Crippen LogP contribution in [-0.4, -0.2) is 11.9 Å². The van der Waals surface area contributed by atoms with Crippen molar-refractivity contribution in [2.45, 2.75) is 19.0 Å². The number of carbonyl (C=O) groups is 1. The summed E-state index contributed by atoms with van der Waals surface area (Å²) in [5.41, 5.74) is 4.82. The van der Waals surface area contributed by atoms with Crippen LogP contribution in [0.1, 0.15) is 16.7 Å². The van der Waals surface area contributed by atoms with Gasteiger partial charge in [0.2, 0.25) is 5.91 Å². The average Bonchev–Trinajstić information content (AvgIpc) is 2.53. The van der Waals surface area contributed by atoms with Crippen LogP contribution in [0.25, 0.3) is 0 Å². The third-order valence-electron chi connectivity index (χ3n) is 4.25. The number of rotatable bonds is 0. The van der Waals surface area contributed by atoms with Gasteiger partial charge in [-0.15, -0.1) is 0 Å². The summed E-state index contributed by atoms with van der Waals surface area (Å²) in [7, 11) is 0. The Morgan fingerprint density at radius 3 is 2.81 bits per heavy atom. The minimum Gasteiger partial charge on any atom is -0.353 e. The third kappa shape index (κ3) is 1.78. The second-order valence-electron chi connectivity index (χ2n) is 5.45. The van der Waals surface area contributed by atoms with Crippen LogP contribution in [0.3, 0.4) is 0 Å². The van der Waals surface area contributed by atoms with Crippen molar-refractivity contribution in [2.24, 2.45) is 0 Å². The van der Waals surface area contributed by atoms with Crippen molar-refractivity contribution in [1.29, 1.82) is 5.26 Å². The smallest absolute Gasteiger partial charge is 0.247 e. The molecule has 2 aliphatic rings. The first kappa shape index (κ1) is 12.0. The van der Waals surface area contributed by atoms with Gasteiger partial charge in [-0.1, -0.05) is 24.3 Å². The summed E-state index contributed by atoms with van der Waals surface area (Å²) >= 11 is 0. The molecule has 1 N–H and O–H groups in total. The summed E-state index contributed by atoms with van der Waals surface area (Å²) in [5.74, 6) is 0.0294. The van der Waals surface area contributed by atoms with Crippen LogP contribution in [0.15, 0.2) is 42.5 Å². The third-order valence-corrected chi connectivity index (χ3v) is 4.25. The second-order valence-corrected chi connectivity index (χ2v) is 5.45. The molecule has 0 bridgehead atoms. The first-order valence-electron chi connectivity index (χ1n) is 6.95. The maximum Gasteiger partial charge on any atom is 0.247 e. The molecule has 1 amide bonds. The number of benzene rings is 2. The molecule has 0 radical (unpaired) electrons. The lowest BCUT2D eigenvalue weighted by molar-refractivity contribution is -0.117. The van der Waals surface area contributed by atoms with Crippen LogP contribution >= 0.6 is 0 Å². The van der Waals surface area contributed by atoms with Crippen molar-refractivity contribution in [2.75, 3.05) is 10.2 Å². The van der Waals surface area contributed by atoms with Crippen LogP contribution in [0.5, 0.6) is 0 Å². The number of fused-ring (bicyclic) bond motifs is 4. The van der Waals surface area contributed by atoms with E-state index in [-0.39, 0.29) is 11.9 Å². The van der Waals surface area contributed by atoms with Gasteiger partial charge >= 0.3 is 0 Å². The molecule has 4 nitrogen and oxygen atoms in total. The molecule has 0 aromatic heterocycles. The molecular weight excluding hydrogens is 262 g/mol. The molecule has 102 valence electrons. The summed E-state index contributed by atoms with van der Waals surface area (Å²) in [6.45, 7) is 0.705. The summed E-state index contributed by atoms with van der Waals surface area (Å²) < 4.78 is 0. The van der Waals surface area contributed by atoms with Gasteiger partial charge < -0.3 is 10.2 Å². The van der Waals surface area contributed by atoms with Gasteiger partial charge in [0.25, 0.3) is 0 Å². The second kappa shape index (κ2) is 4.35. The van der Waals surface area contributed by atoms with E-state index in [1.807, 2.05) is 24.3 Å². The van der Waals surface area contributed by atoms with E-state index in [9.17, 15) is 4.79 Å². The largest absolute Gasteiger partial charge is 0.353 e. The Morgan fingerprint density at radius 1 is 1.19 bits per heavy atom. The number of hydrogen-bond donors (Lipinski definition) is 1. The number of nitrogens with one attached hydrogen (secondary N) is 1. The highest BCUT2D eigenvalue weighted by molar-refractivity contribution is 6.04. The van der Waals surface area contributed by atoms with Crippen LogP contribution in [0.2, 0.25) is 0 Å². The van der Waals surface area contributed by atoms with Crippen LogP contribution in [0, 0.1) is 11.3 Å². The van der Waals surface area contributed by atoms with Crippen LogP contribution in [0.4, 0.5) is 11.4 Å². The van der Waals surface area contributed by atoms with Crippen molar-refractivity contribution in [1.82, 2.24) is 0 Å². The van der Waals surface area contributed by atoms with Gasteiger partial charge in [0, 0.05) is 13.0 Å². The highest BCUT2D eigenvalue weighted by atomic mass is 16.2. The molecule has 1 atom stereocenters. The molecule has 4 heteroatoms. The van der Waals surface area contributed by atoms with Crippen molar-refractivity contribution in [3.05, 3.63) is 59.2 Å². The molecule has 0 spiro atoms. The summed E-state index contributed by atoms with van der Waals surface area (Å²) in [6, 6.07) is 15.6. The number of anilines is 2. The van der Waals surface area contributed by atoms with E-state index in [1.165, 1.54) is 11.1 Å². The van der Waals surface area contributed by atoms with E-state index in [4.69, 9.17) is 5.26 Å². The quantitative estimate of drug-likeness (QED) is 0.803. The Hall–Kier alpha value is -2.80. The van der Waals surface area contributed by atoms with E-state index in [0.717, 1.165) is 11.4 Å². The maximum atomic E-state index is 12.3. The predicted octanol–water partition coefficient (Wildman–Crippen LogP) is 2.44. The SMILES string of the molecule is N#Cc1ccc2c(c1)N1Cc3ccccc3CC1C(=O)N2. The fraction of sp³-hybridized carbons (Fsp3) is 0.176. The lowest BCUT2D eigenvalue weighted by Crippen LogP contribution is -2.51. The van der Waals surface area contributed by atoms with E-state index < -0.39 is 0 Å². The monoisotopic (exact) mass is 275 g/mol. The first-order valence-corrected chi connectivity index (χ1v) is 6.95. The van der Waals surface area contributed by atoms with E-state index in [2.05, 4.69) is 28.4 Å². The number of amides is 1. The fourth-order valence-electron chi connectivity index (χ4n) is 3.17. The van der Waals surface area contributed by atoms with Crippen LogP contribution < -0.4 is 10.2 Å². The highest BCUT2D eigenvalue weighted by Crippen LogP contribution is 2.37. The maximum absolute atomic E-state index is 12.3. The van der Waals surface area contributed by atoms with E-state index >= 15 is 0 Å². The van der Waals surface area contributed by atoms with Gasteiger partial charge in [0.1, 0.15) is 6.04 Å². The van der Waals surface area contributed by atoms with Crippen molar-refractivity contribution in [3.63, 3.8) is 0 Å². The molecule has 2 aromatic carbocycles. The average molecular weight is 275 g/mol. The molecule has 2 heterocycles. The minimum absolute atomic E-state index is 0.0294.